The van der Waals surface area contributed by atoms with Gasteiger partial charge in [-0.2, -0.15) is 0 Å². The first-order chi connectivity index (χ1) is 11.8. The Hall–Kier alpha value is -1.81. The minimum Gasteiger partial charge on any atom is -0.351 e. The Morgan fingerprint density at radius 2 is 1.96 bits per heavy atom. The van der Waals surface area contributed by atoms with Crippen molar-refractivity contribution in [3.8, 4) is 0 Å². The predicted octanol–water partition coefficient (Wildman–Crippen LogP) is 3.93. The van der Waals surface area contributed by atoms with E-state index >= 15 is 0 Å². The van der Waals surface area contributed by atoms with Crippen LogP contribution in [0.1, 0.15) is 56.1 Å². The molecule has 136 valence electrons. The molecule has 1 aliphatic heterocycles. The second kappa shape index (κ2) is 7.20. The molecule has 1 aromatic carbocycles. The molecule has 0 saturated carbocycles. The first-order valence-corrected chi connectivity index (χ1v) is 9.43. The maximum absolute atomic E-state index is 12.4. The highest BCUT2D eigenvalue weighted by Gasteiger charge is 2.18. The number of nitrogens with one attached hydrogen (secondary N) is 2. The summed E-state index contributed by atoms with van der Waals surface area (Å²) in [7, 11) is 2.18. The van der Waals surface area contributed by atoms with E-state index in [-0.39, 0.29) is 11.3 Å². The van der Waals surface area contributed by atoms with E-state index in [4.69, 9.17) is 0 Å². The third-order valence-electron chi connectivity index (χ3n) is 5.41. The minimum absolute atomic E-state index is 0.00133. The van der Waals surface area contributed by atoms with Crippen molar-refractivity contribution in [2.75, 3.05) is 26.7 Å². The Balaban J connectivity index is 1.58. The SMILES string of the molecule is CN1CCC(CCNC(=O)c2cc3ccc(C(C)(C)C)cc3[nH]2)CC1. The molecule has 0 aliphatic carbocycles. The number of carbonyl (C=O) groups is 1. The van der Waals surface area contributed by atoms with E-state index in [0.717, 1.165) is 29.8 Å². The summed E-state index contributed by atoms with van der Waals surface area (Å²) in [4.78, 5) is 18.1. The van der Waals surface area contributed by atoms with Gasteiger partial charge in [-0.3, -0.25) is 4.79 Å². The van der Waals surface area contributed by atoms with Crippen LogP contribution < -0.4 is 5.32 Å². The summed E-state index contributed by atoms with van der Waals surface area (Å²) in [6, 6.07) is 8.36. The third kappa shape index (κ3) is 4.43. The quantitative estimate of drug-likeness (QED) is 0.885. The summed E-state index contributed by atoms with van der Waals surface area (Å²) in [5.41, 5.74) is 3.07. The molecule has 4 nitrogen and oxygen atoms in total. The number of H-pyrrole nitrogens is 1. The molecule has 0 spiro atoms. The summed E-state index contributed by atoms with van der Waals surface area (Å²) in [6.45, 7) is 9.72. The molecule has 0 bridgehead atoms. The van der Waals surface area contributed by atoms with Crippen LogP contribution in [0, 0.1) is 5.92 Å². The molecule has 1 aliphatic rings. The van der Waals surface area contributed by atoms with Gasteiger partial charge in [-0.15, -0.1) is 0 Å². The molecule has 0 radical (unpaired) electrons. The fourth-order valence-electron chi connectivity index (χ4n) is 3.55. The van der Waals surface area contributed by atoms with Crippen molar-refractivity contribution in [2.45, 2.75) is 45.4 Å². The highest BCUT2D eigenvalue weighted by atomic mass is 16.1. The van der Waals surface area contributed by atoms with Crippen LogP contribution in [-0.2, 0) is 5.41 Å². The van der Waals surface area contributed by atoms with Gasteiger partial charge >= 0.3 is 0 Å². The first kappa shape index (κ1) is 18.0. The molecular weight excluding hydrogens is 310 g/mol. The first-order valence-electron chi connectivity index (χ1n) is 9.43. The van der Waals surface area contributed by atoms with Crippen LogP contribution in [-0.4, -0.2) is 42.5 Å². The smallest absolute Gasteiger partial charge is 0.267 e. The zero-order valence-electron chi connectivity index (χ0n) is 16.0. The third-order valence-corrected chi connectivity index (χ3v) is 5.41. The Kier molecular flexibility index (Phi) is 5.19. The lowest BCUT2D eigenvalue weighted by atomic mass is 9.87. The average molecular weight is 341 g/mol. The highest BCUT2D eigenvalue weighted by Crippen LogP contribution is 2.26. The van der Waals surface area contributed by atoms with E-state index in [1.165, 1.54) is 31.5 Å². The van der Waals surface area contributed by atoms with Gasteiger partial charge in [0.25, 0.3) is 5.91 Å². The number of piperidine rings is 1. The van der Waals surface area contributed by atoms with Gasteiger partial charge in [-0.1, -0.05) is 32.9 Å². The van der Waals surface area contributed by atoms with Crippen molar-refractivity contribution in [1.82, 2.24) is 15.2 Å². The molecule has 0 unspecified atom stereocenters. The number of aromatic nitrogens is 1. The number of hydrogen-bond donors (Lipinski definition) is 2. The second-order valence-corrected chi connectivity index (χ2v) is 8.53. The van der Waals surface area contributed by atoms with Gasteiger partial charge in [0.15, 0.2) is 0 Å². The number of carbonyl (C=O) groups excluding carboxylic acids is 1. The predicted molar refractivity (Wildman–Crippen MR) is 104 cm³/mol. The second-order valence-electron chi connectivity index (χ2n) is 8.53. The standard InChI is InChI=1S/C21H31N3O/c1-21(2,3)17-6-5-16-13-19(23-18(16)14-17)20(25)22-10-7-15-8-11-24(4)12-9-15/h5-6,13-15,23H,7-12H2,1-4H3,(H,22,25). The van der Waals surface area contributed by atoms with E-state index in [2.05, 4.69) is 61.2 Å². The van der Waals surface area contributed by atoms with Crippen LogP contribution in [0.15, 0.2) is 24.3 Å². The van der Waals surface area contributed by atoms with Crippen LogP contribution in [0.25, 0.3) is 10.9 Å². The molecule has 1 aromatic heterocycles. The van der Waals surface area contributed by atoms with Crippen molar-refractivity contribution < 1.29 is 4.79 Å². The number of benzene rings is 1. The molecule has 25 heavy (non-hydrogen) atoms. The number of hydrogen-bond acceptors (Lipinski definition) is 2. The molecular formula is C21H31N3O. The Labute approximate surface area is 151 Å². The number of amides is 1. The fourth-order valence-corrected chi connectivity index (χ4v) is 3.55. The lowest BCUT2D eigenvalue weighted by molar-refractivity contribution is 0.0945. The number of aromatic amines is 1. The van der Waals surface area contributed by atoms with Crippen LogP contribution in [0.4, 0.5) is 0 Å². The van der Waals surface area contributed by atoms with Crippen molar-refractivity contribution in [3.63, 3.8) is 0 Å². The summed E-state index contributed by atoms with van der Waals surface area (Å²) < 4.78 is 0. The number of rotatable bonds is 4. The lowest BCUT2D eigenvalue weighted by Gasteiger charge is -2.28. The summed E-state index contributed by atoms with van der Waals surface area (Å²) >= 11 is 0. The van der Waals surface area contributed by atoms with Crippen molar-refractivity contribution >= 4 is 16.8 Å². The molecule has 2 heterocycles. The average Bonchev–Trinajstić information content (AvgIpc) is 2.99. The zero-order valence-corrected chi connectivity index (χ0v) is 16.0. The van der Waals surface area contributed by atoms with Gasteiger partial charge in [-0.05, 0) is 68.4 Å². The van der Waals surface area contributed by atoms with Gasteiger partial charge in [0.2, 0.25) is 0 Å². The van der Waals surface area contributed by atoms with Gasteiger partial charge in [0.1, 0.15) is 5.69 Å². The molecule has 1 fully saturated rings. The van der Waals surface area contributed by atoms with E-state index in [1.54, 1.807) is 0 Å². The van der Waals surface area contributed by atoms with Gasteiger partial charge in [0, 0.05) is 17.4 Å². The normalized spacial score (nSPS) is 17.1. The monoisotopic (exact) mass is 341 g/mol. The minimum atomic E-state index is 0.00133. The molecule has 3 rings (SSSR count). The van der Waals surface area contributed by atoms with Crippen LogP contribution in [0.2, 0.25) is 0 Å². The Morgan fingerprint density at radius 3 is 2.64 bits per heavy atom. The van der Waals surface area contributed by atoms with Gasteiger partial charge in [-0.25, -0.2) is 0 Å². The molecule has 2 aromatic rings. The largest absolute Gasteiger partial charge is 0.351 e. The zero-order chi connectivity index (χ0) is 18.0. The Morgan fingerprint density at radius 1 is 1.24 bits per heavy atom. The van der Waals surface area contributed by atoms with Gasteiger partial charge < -0.3 is 15.2 Å². The number of fused-ring (bicyclic) bond motifs is 1. The summed E-state index contributed by atoms with van der Waals surface area (Å²) in [6.07, 6.45) is 3.57. The van der Waals surface area contributed by atoms with Gasteiger partial charge in [0.05, 0.1) is 0 Å². The Bertz CT molecular complexity index is 733. The van der Waals surface area contributed by atoms with Crippen LogP contribution in [0.3, 0.4) is 0 Å². The van der Waals surface area contributed by atoms with Crippen LogP contribution in [0.5, 0.6) is 0 Å². The van der Waals surface area contributed by atoms with Crippen LogP contribution >= 0.6 is 0 Å². The molecule has 1 saturated heterocycles. The number of nitrogens with zero attached hydrogens (tertiary/aromatic N) is 1. The van der Waals surface area contributed by atoms with E-state index in [9.17, 15) is 4.79 Å². The topological polar surface area (TPSA) is 48.1 Å². The number of likely N-dealkylation sites (tertiary alicyclic amines) is 1. The highest BCUT2D eigenvalue weighted by molar-refractivity contribution is 5.98. The lowest BCUT2D eigenvalue weighted by Crippen LogP contribution is -2.32. The molecule has 1 amide bonds. The van der Waals surface area contributed by atoms with Crippen molar-refractivity contribution in [1.29, 1.82) is 0 Å². The maximum Gasteiger partial charge on any atom is 0.267 e. The van der Waals surface area contributed by atoms with E-state index < -0.39 is 0 Å². The summed E-state index contributed by atoms with van der Waals surface area (Å²) in [5.74, 6) is 0.745. The van der Waals surface area contributed by atoms with Crippen molar-refractivity contribution in [2.24, 2.45) is 5.92 Å². The molecule has 0 atom stereocenters. The van der Waals surface area contributed by atoms with E-state index in [0.29, 0.717) is 5.69 Å². The molecule has 2 N–H and O–H groups in total. The van der Waals surface area contributed by atoms with Crippen molar-refractivity contribution in [3.05, 3.63) is 35.5 Å². The van der Waals surface area contributed by atoms with E-state index in [1.807, 2.05) is 6.07 Å². The summed E-state index contributed by atoms with van der Waals surface area (Å²) in [5, 5.41) is 4.17. The maximum atomic E-state index is 12.4. The fraction of sp³-hybridized carbons (Fsp3) is 0.571. The molecule has 4 heteroatoms.